The molecule has 3 rings (SSSR count). The van der Waals surface area contributed by atoms with Crippen molar-refractivity contribution in [3.63, 3.8) is 0 Å². The molecule has 0 radical (unpaired) electrons. The number of nitrogens with one attached hydrogen (secondary N) is 1. The summed E-state index contributed by atoms with van der Waals surface area (Å²) in [7, 11) is 0. The summed E-state index contributed by atoms with van der Waals surface area (Å²) < 4.78 is 5.75. The fourth-order valence-electron chi connectivity index (χ4n) is 2.08. The van der Waals surface area contributed by atoms with Crippen LogP contribution in [0.15, 0.2) is 42.5 Å². The maximum absolute atomic E-state index is 12.2. The number of aromatic nitrogens is 1. The largest absolute Gasteiger partial charge is 0.457 e. The normalized spacial score (nSPS) is 10.7. The lowest BCUT2D eigenvalue weighted by Gasteiger charge is -2.05. The maximum atomic E-state index is 12.2. The van der Waals surface area contributed by atoms with E-state index in [0.29, 0.717) is 10.2 Å². The molecule has 1 N–H and O–H groups in total. The first-order chi connectivity index (χ1) is 10.1. The van der Waals surface area contributed by atoms with Crippen LogP contribution in [0.3, 0.4) is 0 Å². The molecule has 2 aromatic heterocycles. The van der Waals surface area contributed by atoms with E-state index >= 15 is 0 Å². The Kier molecular flexibility index (Phi) is 3.86. The summed E-state index contributed by atoms with van der Waals surface area (Å²) in [5.74, 6) is -0.397. The molecule has 0 amide bonds. The second kappa shape index (κ2) is 5.79. The summed E-state index contributed by atoms with van der Waals surface area (Å²) in [6.45, 7) is 2.27. The Labute approximate surface area is 131 Å². The molecule has 0 saturated heterocycles. The van der Waals surface area contributed by atoms with E-state index in [0.717, 1.165) is 15.8 Å². The quantitative estimate of drug-likeness (QED) is 0.566. The van der Waals surface area contributed by atoms with Crippen LogP contribution in [0.1, 0.15) is 20.8 Å². The van der Waals surface area contributed by atoms with Gasteiger partial charge in [0.2, 0.25) is 0 Å². The maximum Gasteiger partial charge on any atom is 0.341 e. The Hall–Kier alpha value is -1.98. The molecule has 0 saturated carbocycles. The second-order valence-electron chi connectivity index (χ2n) is 4.72. The van der Waals surface area contributed by atoms with E-state index in [4.69, 9.17) is 17.0 Å². The highest BCUT2D eigenvalue weighted by atomic mass is 32.1. The summed E-state index contributed by atoms with van der Waals surface area (Å²) in [5.41, 5.74) is 1.36. The summed E-state index contributed by atoms with van der Waals surface area (Å²) in [5, 5.41) is 0.984. The lowest BCUT2D eigenvalue weighted by Crippen LogP contribution is -2.06. The van der Waals surface area contributed by atoms with E-state index in [-0.39, 0.29) is 6.61 Å². The SMILES string of the molecule is Cc1cc2cc(C(=O)OCc3ccccc3)c(=S)[nH]c2s1. The molecule has 0 aliphatic heterocycles. The fourth-order valence-corrected chi connectivity index (χ4v) is 3.29. The van der Waals surface area contributed by atoms with Crippen LogP contribution in [0, 0.1) is 11.6 Å². The first-order valence-corrected chi connectivity index (χ1v) is 7.70. The minimum absolute atomic E-state index is 0.245. The lowest BCUT2D eigenvalue weighted by atomic mass is 10.2. The van der Waals surface area contributed by atoms with E-state index in [9.17, 15) is 4.79 Å². The van der Waals surface area contributed by atoms with Gasteiger partial charge in [0.05, 0.1) is 5.56 Å². The minimum Gasteiger partial charge on any atom is -0.457 e. The highest BCUT2D eigenvalue weighted by Crippen LogP contribution is 2.24. The van der Waals surface area contributed by atoms with Gasteiger partial charge in [0.25, 0.3) is 0 Å². The van der Waals surface area contributed by atoms with Crippen LogP contribution in [0.2, 0.25) is 0 Å². The molecule has 0 aliphatic rings. The summed E-state index contributed by atoms with van der Waals surface area (Å²) >= 11 is 6.87. The summed E-state index contributed by atoms with van der Waals surface area (Å²) in [6, 6.07) is 13.4. The number of aryl methyl sites for hydroxylation is 1. The van der Waals surface area contributed by atoms with Crippen LogP contribution in [0.4, 0.5) is 0 Å². The highest BCUT2D eigenvalue weighted by molar-refractivity contribution is 7.71. The topological polar surface area (TPSA) is 42.1 Å². The standard InChI is InChI=1S/C16H13NO2S2/c1-10-7-12-8-13(14(20)17-15(12)21-10)16(18)19-9-11-5-3-2-4-6-11/h2-8H,9H2,1H3,(H,17,20). The monoisotopic (exact) mass is 315 g/mol. The van der Waals surface area contributed by atoms with Crippen molar-refractivity contribution in [3.05, 3.63) is 63.1 Å². The highest BCUT2D eigenvalue weighted by Gasteiger charge is 2.12. The second-order valence-corrected chi connectivity index (χ2v) is 6.38. The molecule has 0 fully saturated rings. The van der Waals surface area contributed by atoms with Gasteiger partial charge >= 0.3 is 5.97 Å². The van der Waals surface area contributed by atoms with Gasteiger partial charge in [-0.05, 0) is 24.6 Å². The van der Waals surface area contributed by atoms with E-state index in [2.05, 4.69) is 4.98 Å². The molecular formula is C16H13NO2S2. The van der Waals surface area contributed by atoms with E-state index < -0.39 is 5.97 Å². The minimum atomic E-state index is -0.397. The van der Waals surface area contributed by atoms with Gasteiger partial charge in [-0.3, -0.25) is 0 Å². The van der Waals surface area contributed by atoms with Crippen molar-refractivity contribution in [2.75, 3.05) is 0 Å². The molecule has 0 atom stereocenters. The number of carbonyl (C=O) groups excluding carboxylic acids is 1. The molecular weight excluding hydrogens is 302 g/mol. The van der Waals surface area contributed by atoms with E-state index in [1.807, 2.05) is 43.3 Å². The van der Waals surface area contributed by atoms with E-state index in [1.54, 1.807) is 17.4 Å². The molecule has 3 aromatic rings. The van der Waals surface area contributed by atoms with Crippen LogP contribution < -0.4 is 0 Å². The zero-order valence-corrected chi connectivity index (χ0v) is 13.0. The predicted octanol–water partition coefficient (Wildman–Crippen LogP) is 4.62. The van der Waals surface area contributed by atoms with Gasteiger partial charge in [0.1, 0.15) is 16.1 Å². The Morgan fingerprint density at radius 3 is 2.81 bits per heavy atom. The number of H-pyrrole nitrogens is 1. The molecule has 0 aliphatic carbocycles. The summed E-state index contributed by atoms with van der Waals surface area (Å²) in [4.78, 5) is 17.4. The van der Waals surface area contributed by atoms with Gasteiger partial charge in [0.15, 0.2) is 0 Å². The van der Waals surface area contributed by atoms with Crippen molar-refractivity contribution < 1.29 is 9.53 Å². The number of thiophene rings is 1. The lowest BCUT2D eigenvalue weighted by molar-refractivity contribution is 0.0472. The average molecular weight is 315 g/mol. The number of benzene rings is 1. The van der Waals surface area contributed by atoms with Crippen LogP contribution in [0.25, 0.3) is 10.2 Å². The molecule has 106 valence electrons. The van der Waals surface area contributed by atoms with Crippen molar-refractivity contribution in [2.45, 2.75) is 13.5 Å². The molecule has 3 nitrogen and oxygen atoms in total. The Bertz CT molecular complexity index is 850. The van der Waals surface area contributed by atoms with Crippen molar-refractivity contribution in [3.8, 4) is 0 Å². The van der Waals surface area contributed by atoms with Gasteiger partial charge in [0, 0.05) is 10.3 Å². The average Bonchev–Trinajstić information content (AvgIpc) is 2.84. The molecule has 0 unspecified atom stereocenters. The van der Waals surface area contributed by atoms with Gasteiger partial charge < -0.3 is 9.72 Å². The summed E-state index contributed by atoms with van der Waals surface area (Å²) in [6.07, 6.45) is 0. The Morgan fingerprint density at radius 1 is 1.29 bits per heavy atom. The first-order valence-electron chi connectivity index (χ1n) is 6.48. The van der Waals surface area contributed by atoms with Crippen LogP contribution in [-0.4, -0.2) is 11.0 Å². The first kappa shape index (κ1) is 14.0. The number of fused-ring (bicyclic) bond motifs is 1. The molecule has 2 heterocycles. The Balaban J connectivity index is 1.84. The number of aromatic amines is 1. The third-order valence-corrected chi connectivity index (χ3v) is 4.39. The van der Waals surface area contributed by atoms with Crippen molar-refractivity contribution in [1.29, 1.82) is 0 Å². The molecule has 21 heavy (non-hydrogen) atoms. The number of ether oxygens (including phenoxy) is 1. The van der Waals surface area contributed by atoms with Crippen molar-refractivity contribution in [2.24, 2.45) is 0 Å². The number of hydrogen-bond donors (Lipinski definition) is 1. The van der Waals surface area contributed by atoms with Crippen LogP contribution >= 0.6 is 23.6 Å². The molecule has 5 heteroatoms. The third-order valence-electron chi connectivity index (χ3n) is 3.09. The van der Waals surface area contributed by atoms with Gasteiger partial charge in [-0.1, -0.05) is 42.5 Å². The van der Waals surface area contributed by atoms with Gasteiger partial charge in [-0.25, -0.2) is 4.79 Å². The number of carbonyl (C=O) groups is 1. The Morgan fingerprint density at radius 2 is 2.05 bits per heavy atom. The zero-order valence-electron chi connectivity index (χ0n) is 11.4. The predicted molar refractivity (Wildman–Crippen MR) is 87.3 cm³/mol. The molecule has 0 spiro atoms. The number of esters is 1. The molecule has 1 aromatic carbocycles. The smallest absolute Gasteiger partial charge is 0.341 e. The van der Waals surface area contributed by atoms with Crippen molar-refractivity contribution in [1.82, 2.24) is 4.98 Å². The van der Waals surface area contributed by atoms with Crippen LogP contribution in [-0.2, 0) is 11.3 Å². The molecule has 0 bridgehead atoms. The van der Waals surface area contributed by atoms with Crippen molar-refractivity contribution >= 4 is 39.7 Å². The van der Waals surface area contributed by atoms with Gasteiger partial charge in [-0.2, -0.15) is 0 Å². The fraction of sp³-hybridized carbons (Fsp3) is 0.125. The number of rotatable bonds is 3. The van der Waals surface area contributed by atoms with E-state index in [1.165, 1.54) is 4.88 Å². The van der Waals surface area contributed by atoms with Gasteiger partial charge in [-0.15, -0.1) is 11.3 Å². The number of pyridine rings is 1. The zero-order chi connectivity index (χ0) is 14.8. The third kappa shape index (κ3) is 3.04. The van der Waals surface area contributed by atoms with Crippen LogP contribution in [0.5, 0.6) is 0 Å². The number of hydrogen-bond acceptors (Lipinski definition) is 4.